The Morgan fingerprint density at radius 2 is 0.857 bits per heavy atom. The van der Waals surface area contributed by atoms with Crippen LogP contribution < -0.4 is 0 Å². The fourth-order valence-corrected chi connectivity index (χ4v) is 8.49. The van der Waals surface area contributed by atoms with Crippen LogP contribution in [0.3, 0.4) is 0 Å². The largest absolute Gasteiger partial charge is 0.479 e. The predicted molar refractivity (Wildman–Crippen MR) is 312 cm³/mol. The third-order valence-electron chi connectivity index (χ3n) is 13.1. The van der Waals surface area contributed by atoms with Gasteiger partial charge in [-0.1, -0.05) is 208 Å². The zero-order valence-electron chi connectivity index (χ0n) is 48.2. The highest BCUT2D eigenvalue weighted by molar-refractivity contribution is 5.74. The Hall–Kier alpha value is -4.36. The number of aliphatic hydroxyl groups excluding tert-OH is 2. The summed E-state index contributed by atoms with van der Waals surface area (Å²) in [4.78, 5) is 51.1. The standard InChI is InChI=1S/C65H106O12/c1-4-7-10-13-16-19-22-25-27-29-31-34-36-39-42-45-48-51-57(66)73-54-56(75-58(67)52-49-46-43-40-37-33-24-21-18-15-12-9-6-3)55-74-65-63(61(70)60(69)62(77-65)64(71)72)76-59(68)53-50-47-44-41-38-35-32-30-28-26-23-20-17-14-11-8-5-2/h8,11-12,15,17,20-21,24-28,32,35,41,44,56,60-63,65,69-70H,4-7,9-10,13-14,16,18-19,22-23,29-31,33-34,36-40,42-43,45-55H2,1-3H3,(H,71,72)/b11-8-,15-12-,20-17-,24-21-,27-25-,28-26-,35-32-,44-41-. The number of unbranched alkanes of at least 4 members (excludes halogenated alkanes) is 20. The van der Waals surface area contributed by atoms with Crippen molar-refractivity contribution in [2.45, 2.75) is 276 Å². The summed E-state index contributed by atoms with van der Waals surface area (Å²) in [6, 6.07) is 0. The number of carboxylic acids is 1. The smallest absolute Gasteiger partial charge is 0.335 e. The third kappa shape index (κ3) is 42.3. The lowest BCUT2D eigenvalue weighted by Crippen LogP contribution is -2.61. The van der Waals surface area contributed by atoms with E-state index in [0.717, 1.165) is 116 Å². The SMILES string of the molecule is CC/C=C\C/C=C\C/C=C\C/C=C\C/C=C\CCCC(=O)OC1C(OCC(COC(=O)CCCCCCCCC/C=C\CCCCCCCC)OC(=O)CCCCCCC/C=C\C/C=C\CCC)OC(C(=O)O)C(O)C1O. The van der Waals surface area contributed by atoms with Crippen LogP contribution in [-0.4, -0.2) is 89.2 Å². The Balaban J connectivity index is 2.72. The third-order valence-corrected chi connectivity index (χ3v) is 13.1. The summed E-state index contributed by atoms with van der Waals surface area (Å²) in [5.74, 6) is -3.23. The number of ether oxygens (including phenoxy) is 5. The molecule has 6 unspecified atom stereocenters. The Morgan fingerprint density at radius 1 is 0.442 bits per heavy atom. The average molecular weight is 1080 g/mol. The van der Waals surface area contributed by atoms with Gasteiger partial charge in [0.15, 0.2) is 24.6 Å². The van der Waals surface area contributed by atoms with Gasteiger partial charge in [-0.15, -0.1) is 0 Å². The van der Waals surface area contributed by atoms with Crippen LogP contribution in [0.2, 0.25) is 0 Å². The van der Waals surface area contributed by atoms with E-state index in [1.807, 2.05) is 12.2 Å². The number of aliphatic hydroxyl groups is 2. The second kappa shape index (κ2) is 52.3. The first-order valence-corrected chi connectivity index (χ1v) is 30.2. The van der Waals surface area contributed by atoms with Gasteiger partial charge in [-0.25, -0.2) is 4.79 Å². The Morgan fingerprint density at radius 3 is 1.35 bits per heavy atom. The number of allylic oxidation sites excluding steroid dienone is 16. The first-order valence-electron chi connectivity index (χ1n) is 30.2. The minimum atomic E-state index is -1.93. The van der Waals surface area contributed by atoms with Crippen LogP contribution in [0.4, 0.5) is 0 Å². The molecule has 0 aromatic carbocycles. The van der Waals surface area contributed by atoms with Gasteiger partial charge in [0.1, 0.15) is 18.8 Å². The van der Waals surface area contributed by atoms with Gasteiger partial charge in [0.25, 0.3) is 0 Å². The van der Waals surface area contributed by atoms with Crippen LogP contribution in [0, 0.1) is 0 Å². The summed E-state index contributed by atoms with van der Waals surface area (Å²) in [6.45, 7) is 5.77. The number of carbonyl (C=O) groups is 4. The maximum atomic E-state index is 13.1. The van der Waals surface area contributed by atoms with E-state index in [9.17, 15) is 34.5 Å². The molecule has 1 aliphatic heterocycles. The van der Waals surface area contributed by atoms with Gasteiger partial charge in [0.2, 0.25) is 0 Å². The maximum absolute atomic E-state index is 13.1. The molecule has 0 aromatic heterocycles. The molecule has 1 rings (SSSR count). The molecular formula is C65H106O12. The van der Waals surface area contributed by atoms with Gasteiger partial charge in [0.05, 0.1) is 6.61 Å². The molecule has 77 heavy (non-hydrogen) atoms. The van der Waals surface area contributed by atoms with E-state index < -0.39 is 67.3 Å². The molecular weight excluding hydrogens is 973 g/mol. The van der Waals surface area contributed by atoms with E-state index >= 15 is 0 Å². The zero-order valence-corrected chi connectivity index (χ0v) is 48.2. The molecule has 438 valence electrons. The molecule has 0 bridgehead atoms. The topological polar surface area (TPSA) is 175 Å². The summed E-state index contributed by atoms with van der Waals surface area (Å²) < 4.78 is 28.4. The van der Waals surface area contributed by atoms with Gasteiger partial charge in [-0.2, -0.15) is 0 Å². The minimum absolute atomic E-state index is 0.0236. The first-order chi connectivity index (χ1) is 37.6. The van der Waals surface area contributed by atoms with Crippen molar-refractivity contribution in [2.75, 3.05) is 13.2 Å². The Kier molecular flexibility index (Phi) is 48.0. The molecule has 12 nitrogen and oxygen atoms in total. The molecule has 0 radical (unpaired) electrons. The number of carboxylic acid groups (broad SMARTS) is 1. The van der Waals surface area contributed by atoms with Crippen LogP contribution >= 0.6 is 0 Å². The van der Waals surface area contributed by atoms with Gasteiger partial charge >= 0.3 is 23.9 Å². The average Bonchev–Trinajstić information content (AvgIpc) is 3.42. The van der Waals surface area contributed by atoms with Crippen molar-refractivity contribution in [2.24, 2.45) is 0 Å². The highest BCUT2D eigenvalue weighted by Gasteiger charge is 2.50. The summed E-state index contributed by atoms with van der Waals surface area (Å²) in [7, 11) is 0. The van der Waals surface area contributed by atoms with Crippen molar-refractivity contribution in [3.63, 3.8) is 0 Å². The van der Waals surface area contributed by atoms with E-state index in [1.165, 1.54) is 57.8 Å². The van der Waals surface area contributed by atoms with E-state index in [1.54, 1.807) is 0 Å². The predicted octanol–water partition coefficient (Wildman–Crippen LogP) is 15.7. The molecule has 0 aromatic rings. The summed E-state index contributed by atoms with van der Waals surface area (Å²) in [5.41, 5.74) is 0. The lowest BCUT2D eigenvalue weighted by molar-refractivity contribution is -0.301. The fraction of sp³-hybridized carbons (Fsp3) is 0.692. The quantitative estimate of drug-likeness (QED) is 0.0228. The molecule has 1 aliphatic rings. The van der Waals surface area contributed by atoms with E-state index in [0.29, 0.717) is 25.7 Å². The first kappa shape index (κ1) is 70.7. The van der Waals surface area contributed by atoms with Gasteiger partial charge in [-0.05, 0) is 109 Å². The minimum Gasteiger partial charge on any atom is -0.479 e. The van der Waals surface area contributed by atoms with Crippen molar-refractivity contribution < 1.29 is 58.2 Å². The van der Waals surface area contributed by atoms with Crippen molar-refractivity contribution in [1.29, 1.82) is 0 Å². The van der Waals surface area contributed by atoms with Crippen LogP contribution in [0.1, 0.15) is 239 Å². The van der Waals surface area contributed by atoms with Crippen LogP contribution in [0.5, 0.6) is 0 Å². The number of aliphatic carboxylic acids is 1. The summed E-state index contributed by atoms with van der Waals surface area (Å²) >= 11 is 0. The summed E-state index contributed by atoms with van der Waals surface area (Å²) in [6.07, 6.45) is 56.6. The molecule has 1 fully saturated rings. The zero-order chi connectivity index (χ0) is 56.1. The maximum Gasteiger partial charge on any atom is 0.335 e. The van der Waals surface area contributed by atoms with Crippen molar-refractivity contribution in [3.8, 4) is 0 Å². The molecule has 6 atom stereocenters. The van der Waals surface area contributed by atoms with Gasteiger partial charge in [-0.3, -0.25) is 14.4 Å². The lowest BCUT2D eigenvalue weighted by Gasteiger charge is -2.40. The lowest BCUT2D eigenvalue weighted by atomic mass is 9.98. The van der Waals surface area contributed by atoms with Crippen molar-refractivity contribution in [3.05, 3.63) is 97.2 Å². The normalized spacial score (nSPS) is 18.7. The molecule has 0 spiro atoms. The molecule has 1 saturated heterocycles. The highest BCUT2D eigenvalue weighted by atomic mass is 16.7. The van der Waals surface area contributed by atoms with Crippen molar-refractivity contribution in [1.82, 2.24) is 0 Å². The number of hydrogen-bond donors (Lipinski definition) is 3. The number of rotatable bonds is 50. The van der Waals surface area contributed by atoms with Crippen LogP contribution in [-0.2, 0) is 42.9 Å². The molecule has 1 heterocycles. The molecule has 12 heteroatoms. The Bertz CT molecular complexity index is 1710. The number of esters is 3. The van der Waals surface area contributed by atoms with Gasteiger partial charge in [0, 0.05) is 19.3 Å². The van der Waals surface area contributed by atoms with E-state index in [-0.39, 0.29) is 25.9 Å². The molecule has 0 amide bonds. The monoisotopic (exact) mass is 1080 g/mol. The summed E-state index contributed by atoms with van der Waals surface area (Å²) in [5, 5.41) is 31.5. The molecule has 0 aliphatic carbocycles. The number of hydrogen-bond acceptors (Lipinski definition) is 11. The van der Waals surface area contributed by atoms with Crippen LogP contribution in [0.15, 0.2) is 97.2 Å². The highest BCUT2D eigenvalue weighted by Crippen LogP contribution is 2.26. The van der Waals surface area contributed by atoms with Gasteiger partial charge < -0.3 is 39.0 Å². The van der Waals surface area contributed by atoms with E-state index in [4.69, 9.17) is 23.7 Å². The second-order valence-electron chi connectivity index (χ2n) is 20.2. The fourth-order valence-electron chi connectivity index (χ4n) is 8.49. The van der Waals surface area contributed by atoms with Crippen molar-refractivity contribution >= 4 is 23.9 Å². The van der Waals surface area contributed by atoms with Crippen LogP contribution in [0.25, 0.3) is 0 Å². The molecule has 0 saturated carbocycles. The Labute approximate surface area is 466 Å². The number of carbonyl (C=O) groups excluding carboxylic acids is 3. The van der Waals surface area contributed by atoms with E-state index in [2.05, 4.69) is 106 Å². The second-order valence-corrected chi connectivity index (χ2v) is 20.2. The molecule has 3 N–H and O–H groups in total.